The number of carbonyl (C=O) groups is 1. The van der Waals surface area contributed by atoms with Crippen molar-refractivity contribution in [3.8, 4) is 0 Å². The van der Waals surface area contributed by atoms with E-state index < -0.39 is 16.7 Å². The Labute approximate surface area is 201 Å². The monoisotopic (exact) mass is 438 g/mol. The molecule has 1 amide bonds. The maximum Gasteiger partial charge on any atom is 0.258 e. The summed E-state index contributed by atoms with van der Waals surface area (Å²) in [5.74, 6) is -0.799. The lowest BCUT2D eigenvalue weighted by Gasteiger charge is -2.40. The van der Waals surface area contributed by atoms with Crippen molar-refractivity contribution >= 4 is 27.6 Å². The molecule has 4 nitrogen and oxygen atoms in total. The lowest BCUT2D eigenvalue weighted by molar-refractivity contribution is -0.124. The Morgan fingerprint density at radius 2 is 1.38 bits per heavy atom. The van der Waals surface area contributed by atoms with Crippen LogP contribution in [-0.2, 0) is 10.2 Å². The van der Waals surface area contributed by atoms with Crippen molar-refractivity contribution in [1.82, 2.24) is 0 Å². The summed E-state index contributed by atoms with van der Waals surface area (Å²) < 4.78 is 8.48. The summed E-state index contributed by atoms with van der Waals surface area (Å²) in [4.78, 5) is 16.8. The number of amides is 1. The molecule has 1 aromatic carbocycles. The first-order valence-corrected chi connectivity index (χ1v) is 10.4. The quantitative estimate of drug-likeness (QED) is 0.257. The first-order valence-electron chi connectivity index (χ1n) is 11.1. The van der Waals surface area contributed by atoms with Gasteiger partial charge in [0.25, 0.3) is 5.91 Å². The van der Waals surface area contributed by atoms with E-state index in [2.05, 4.69) is 46.5 Å². The van der Waals surface area contributed by atoms with Crippen molar-refractivity contribution < 1.29 is 6.17 Å². The minimum absolute atomic E-state index is 0. The second kappa shape index (κ2) is 11.8. The Kier molecular flexibility index (Phi) is 11.0. The van der Waals surface area contributed by atoms with Gasteiger partial charge in [-0.05, 0) is 88.2 Å². The molecule has 176 valence electrons. The van der Waals surface area contributed by atoms with E-state index >= 15 is 0 Å². The number of allylic oxidation sites excluding steroid dienone is 1. The van der Waals surface area contributed by atoms with Gasteiger partial charge in [0.2, 0.25) is 0 Å². The van der Waals surface area contributed by atoms with Crippen molar-refractivity contribution in [2.75, 3.05) is 0 Å². The number of hydrogen-bond donors (Lipinski definition) is 2. The molecule has 32 heavy (non-hydrogen) atoms. The van der Waals surface area contributed by atoms with Gasteiger partial charge in [0.05, 0.1) is 21.1 Å². The number of rotatable bonds is 7. The minimum atomic E-state index is -1.12. The first-order chi connectivity index (χ1) is 14.3. The fourth-order valence-electron chi connectivity index (χ4n) is 4.55. The fraction of sp³-hybridized carbons (Fsp3) is 0.615. The lowest BCUT2D eigenvalue weighted by Crippen LogP contribution is -2.36. The third-order valence-corrected chi connectivity index (χ3v) is 7.12. The zero-order chi connectivity index (χ0) is 24.3. The van der Waals surface area contributed by atoms with Gasteiger partial charge in [0.15, 0.2) is 5.96 Å². The van der Waals surface area contributed by atoms with Crippen LogP contribution < -0.4 is 11.5 Å². The van der Waals surface area contributed by atoms with E-state index in [1.165, 1.54) is 27.8 Å². The van der Waals surface area contributed by atoms with E-state index in [-0.39, 0.29) is 34.0 Å². The summed E-state index contributed by atoms with van der Waals surface area (Å²) in [5.41, 5.74) is 17.9. The van der Waals surface area contributed by atoms with Gasteiger partial charge in [0, 0.05) is 6.79 Å². The molecular weight excluding hydrogens is 392 g/mol. The molecule has 0 aliphatic carbocycles. The molecule has 0 saturated heterocycles. The Hall–Kier alpha value is -1.97. The molecule has 6 heteroatoms. The molecule has 0 aliphatic rings. The molecule has 0 fully saturated rings. The number of nitrogens with two attached hydrogens (primary N) is 2. The van der Waals surface area contributed by atoms with E-state index in [1.807, 2.05) is 6.92 Å². The largest absolute Gasteiger partial charge is 0.370 e. The van der Waals surface area contributed by atoms with Gasteiger partial charge in [-0.1, -0.05) is 52.5 Å². The molecular formula is C26H45B2N3O. The van der Waals surface area contributed by atoms with Crippen LogP contribution in [0.3, 0.4) is 0 Å². The van der Waals surface area contributed by atoms with Crippen LogP contribution in [0.15, 0.2) is 16.1 Å². The first kappa shape index (κ1) is 30.0. The van der Waals surface area contributed by atoms with Gasteiger partial charge in [0.1, 0.15) is 0 Å². The molecule has 0 aliphatic heterocycles. The number of nitrogens with zero attached hydrogens (tertiary/aromatic N) is 1. The minimum Gasteiger partial charge on any atom is -0.370 e. The predicted octanol–water partition coefficient (Wildman–Crippen LogP) is 5.47. The molecule has 4 radical (unpaired) electrons. The summed E-state index contributed by atoms with van der Waals surface area (Å²) in [5, 5.41) is 0. The van der Waals surface area contributed by atoms with Crippen LogP contribution in [0.2, 0.25) is 12.6 Å². The maximum absolute atomic E-state index is 13.0. The van der Waals surface area contributed by atoms with Crippen LogP contribution in [0.25, 0.3) is 0 Å². The Balaban J connectivity index is 0. The molecule has 0 spiro atoms. The standard InChI is InChI=1S/C24H37B2N3O.2CH4/c1-10-19(24(9,12-26)21(30)29-22(27)28)18(7)23(8,11-25)20-16(5)14(3)13(2)15(4)17(20)6;;/h10-12H2,1-9H3,(H4,27,28,29,30);2*1H4/i7D;;. The highest BCUT2D eigenvalue weighted by atomic mass is 16.1. The van der Waals surface area contributed by atoms with Crippen LogP contribution in [0.1, 0.15) is 83.7 Å². The molecule has 0 bridgehead atoms. The molecule has 0 saturated carbocycles. The van der Waals surface area contributed by atoms with Gasteiger partial charge in [-0.3, -0.25) is 4.79 Å². The third kappa shape index (κ3) is 5.32. The van der Waals surface area contributed by atoms with Crippen molar-refractivity contribution in [2.24, 2.45) is 21.9 Å². The highest BCUT2D eigenvalue weighted by Gasteiger charge is 2.40. The number of hydrogen-bond acceptors (Lipinski definition) is 1. The molecule has 0 aromatic heterocycles. The fourth-order valence-corrected chi connectivity index (χ4v) is 4.55. The van der Waals surface area contributed by atoms with Gasteiger partial charge in [-0.15, -0.1) is 0 Å². The van der Waals surface area contributed by atoms with E-state index in [1.54, 1.807) is 6.92 Å². The van der Waals surface area contributed by atoms with Gasteiger partial charge >= 0.3 is 0 Å². The van der Waals surface area contributed by atoms with Crippen molar-refractivity contribution in [3.05, 3.63) is 44.5 Å². The summed E-state index contributed by atoms with van der Waals surface area (Å²) in [6.45, 7) is 16.4. The normalized spacial score (nSPS) is 15.7. The molecule has 2 atom stereocenters. The van der Waals surface area contributed by atoms with Crippen molar-refractivity contribution in [1.29, 1.82) is 0 Å². The number of carbonyl (C=O) groups excluding carboxylic acids is 1. The van der Waals surface area contributed by atoms with E-state index in [4.69, 9.17) is 28.5 Å². The second-order valence-corrected chi connectivity index (χ2v) is 8.72. The van der Waals surface area contributed by atoms with Gasteiger partial charge in [-0.25, -0.2) is 0 Å². The molecule has 1 aromatic rings. The zero-order valence-electron chi connectivity index (χ0n) is 21.0. The van der Waals surface area contributed by atoms with E-state index in [0.717, 1.165) is 16.7 Å². The van der Waals surface area contributed by atoms with Crippen LogP contribution >= 0.6 is 0 Å². The smallest absolute Gasteiger partial charge is 0.258 e. The van der Waals surface area contributed by atoms with Gasteiger partial charge < -0.3 is 11.5 Å². The zero-order valence-corrected chi connectivity index (χ0v) is 20.0. The number of guanidine groups is 1. The van der Waals surface area contributed by atoms with E-state index in [9.17, 15) is 4.79 Å². The van der Waals surface area contributed by atoms with Crippen LogP contribution in [-0.4, -0.2) is 27.6 Å². The Morgan fingerprint density at radius 1 is 0.938 bits per heavy atom. The topological polar surface area (TPSA) is 81.5 Å². The average Bonchev–Trinajstić information content (AvgIpc) is 2.73. The average molecular weight is 438 g/mol. The molecule has 1 rings (SSSR count). The van der Waals surface area contributed by atoms with Gasteiger partial charge in [-0.2, -0.15) is 4.99 Å². The summed E-state index contributed by atoms with van der Waals surface area (Å²) in [6.07, 6.45) is 0.858. The highest BCUT2D eigenvalue weighted by molar-refractivity contribution is 6.13. The summed E-state index contributed by atoms with van der Waals surface area (Å²) in [6, 6.07) is 0. The van der Waals surface area contributed by atoms with Crippen molar-refractivity contribution in [3.63, 3.8) is 0 Å². The Morgan fingerprint density at radius 3 is 1.69 bits per heavy atom. The molecule has 2 unspecified atom stereocenters. The lowest BCUT2D eigenvalue weighted by atomic mass is 9.60. The van der Waals surface area contributed by atoms with Crippen LogP contribution in [0.5, 0.6) is 0 Å². The number of aliphatic imine (C=N–C) groups is 1. The van der Waals surface area contributed by atoms with Crippen LogP contribution in [0.4, 0.5) is 0 Å². The SMILES string of the molecule is C.C.[2H]CC(=C(CC)C(C)(C[B])C(=O)N=C(N)N)C(C)(C[B])c1c(C)c(C)c(C)c(C)c1C. The number of benzene rings is 1. The highest BCUT2D eigenvalue weighted by Crippen LogP contribution is 2.47. The molecule has 0 heterocycles. The summed E-state index contributed by atoms with van der Waals surface area (Å²) in [7, 11) is 12.5. The molecule has 4 N–H and O–H groups in total. The maximum atomic E-state index is 13.0. The van der Waals surface area contributed by atoms with Crippen molar-refractivity contribution in [2.45, 2.75) is 102 Å². The van der Waals surface area contributed by atoms with Crippen LogP contribution in [0, 0.1) is 40.0 Å². The Bertz CT molecular complexity index is 894. The predicted molar refractivity (Wildman–Crippen MR) is 144 cm³/mol. The second-order valence-electron chi connectivity index (χ2n) is 8.72. The van der Waals surface area contributed by atoms with E-state index in [0.29, 0.717) is 12.7 Å². The summed E-state index contributed by atoms with van der Waals surface area (Å²) >= 11 is 0. The third-order valence-electron chi connectivity index (χ3n) is 7.12.